The normalized spacial score (nSPS) is 12.3. The largest absolute Gasteiger partial charge is 0.481 e. The van der Waals surface area contributed by atoms with Crippen molar-refractivity contribution in [1.82, 2.24) is 5.32 Å². The maximum atomic E-state index is 10.8. The molecule has 0 aliphatic heterocycles. The number of aliphatic carboxylic acids is 1. The highest BCUT2D eigenvalue weighted by atomic mass is 16.4. The van der Waals surface area contributed by atoms with Crippen LogP contribution in [0.25, 0.3) is 0 Å². The highest BCUT2D eigenvalue weighted by molar-refractivity contribution is 5.70. The Bertz CT molecular complexity index is 589. The predicted octanol–water partition coefficient (Wildman–Crippen LogP) is 3.07. The SMILES string of the molecule is Cc1ccc(C(C)NCc2ccccc2CC(=O)O)o1. The van der Waals surface area contributed by atoms with Gasteiger partial charge in [-0.05, 0) is 37.1 Å². The Balaban J connectivity index is 2.01. The van der Waals surface area contributed by atoms with Gasteiger partial charge in [-0.3, -0.25) is 4.79 Å². The second-order valence-electron chi connectivity index (χ2n) is 4.89. The van der Waals surface area contributed by atoms with Gasteiger partial charge in [0.1, 0.15) is 11.5 Å². The Morgan fingerprint density at radius 3 is 2.55 bits per heavy atom. The van der Waals surface area contributed by atoms with E-state index in [1.807, 2.05) is 50.2 Å². The highest BCUT2D eigenvalue weighted by Gasteiger charge is 2.11. The van der Waals surface area contributed by atoms with Crippen LogP contribution in [-0.4, -0.2) is 11.1 Å². The molecule has 1 unspecified atom stereocenters. The van der Waals surface area contributed by atoms with Crippen LogP contribution in [-0.2, 0) is 17.8 Å². The molecule has 4 heteroatoms. The molecule has 0 saturated carbocycles. The molecule has 0 aliphatic carbocycles. The molecule has 2 aromatic rings. The molecule has 0 spiro atoms. The molecule has 20 heavy (non-hydrogen) atoms. The molecule has 2 N–H and O–H groups in total. The number of carboxylic acids is 1. The second kappa shape index (κ2) is 6.39. The average molecular weight is 273 g/mol. The number of nitrogens with one attached hydrogen (secondary N) is 1. The topological polar surface area (TPSA) is 62.5 Å². The van der Waals surface area contributed by atoms with Crippen LogP contribution in [0.3, 0.4) is 0 Å². The summed E-state index contributed by atoms with van der Waals surface area (Å²) in [6.07, 6.45) is 0.0477. The lowest BCUT2D eigenvalue weighted by Gasteiger charge is -2.13. The summed E-state index contributed by atoms with van der Waals surface area (Å²) < 4.78 is 5.57. The van der Waals surface area contributed by atoms with Crippen LogP contribution in [0.5, 0.6) is 0 Å². The molecule has 0 saturated heterocycles. The molecule has 0 amide bonds. The van der Waals surface area contributed by atoms with Gasteiger partial charge in [-0.1, -0.05) is 24.3 Å². The quantitative estimate of drug-likeness (QED) is 0.849. The van der Waals surface area contributed by atoms with Crippen molar-refractivity contribution in [3.63, 3.8) is 0 Å². The first-order chi connectivity index (χ1) is 9.56. The highest BCUT2D eigenvalue weighted by Crippen LogP contribution is 2.17. The summed E-state index contributed by atoms with van der Waals surface area (Å²) in [6, 6.07) is 11.6. The Hall–Kier alpha value is -2.07. The minimum Gasteiger partial charge on any atom is -0.481 e. The van der Waals surface area contributed by atoms with Gasteiger partial charge in [-0.2, -0.15) is 0 Å². The first-order valence-electron chi connectivity index (χ1n) is 6.64. The van der Waals surface area contributed by atoms with Crippen molar-refractivity contribution in [2.75, 3.05) is 0 Å². The van der Waals surface area contributed by atoms with Gasteiger partial charge in [-0.15, -0.1) is 0 Å². The maximum absolute atomic E-state index is 10.8. The van der Waals surface area contributed by atoms with Crippen LogP contribution < -0.4 is 5.32 Å². The van der Waals surface area contributed by atoms with Crippen molar-refractivity contribution in [2.24, 2.45) is 0 Å². The summed E-state index contributed by atoms with van der Waals surface area (Å²) in [7, 11) is 0. The van der Waals surface area contributed by atoms with Crippen LogP contribution in [0, 0.1) is 6.92 Å². The number of furan rings is 1. The van der Waals surface area contributed by atoms with Crippen molar-refractivity contribution in [1.29, 1.82) is 0 Å². The fraction of sp³-hybridized carbons (Fsp3) is 0.312. The summed E-state index contributed by atoms with van der Waals surface area (Å²) in [6.45, 7) is 4.56. The molecule has 1 heterocycles. The molecule has 0 aliphatic rings. The van der Waals surface area contributed by atoms with Crippen molar-refractivity contribution < 1.29 is 14.3 Å². The third-order valence-electron chi connectivity index (χ3n) is 3.25. The molecule has 1 aromatic heterocycles. The summed E-state index contributed by atoms with van der Waals surface area (Å²) in [5.41, 5.74) is 1.85. The van der Waals surface area contributed by atoms with Gasteiger partial charge < -0.3 is 14.8 Å². The molecule has 0 bridgehead atoms. The molecule has 4 nitrogen and oxygen atoms in total. The number of benzene rings is 1. The second-order valence-corrected chi connectivity index (χ2v) is 4.89. The van der Waals surface area contributed by atoms with Crippen LogP contribution in [0.2, 0.25) is 0 Å². The zero-order valence-corrected chi connectivity index (χ0v) is 11.7. The number of rotatable bonds is 6. The maximum Gasteiger partial charge on any atom is 0.307 e. The number of hydrogen-bond donors (Lipinski definition) is 2. The monoisotopic (exact) mass is 273 g/mol. The van der Waals surface area contributed by atoms with E-state index in [9.17, 15) is 4.79 Å². The molecule has 0 radical (unpaired) electrons. The first kappa shape index (κ1) is 14.3. The van der Waals surface area contributed by atoms with Gasteiger partial charge in [0, 0.05) is 6.54 Å². The van der Waals surface area contributed by atoms with Gasteiger partial charge in [0.15, 0.2) is 0 Å². The first-order valence-corrected chi connectivity index (χ1v) is 6.64. The van der Waals surface area contributed by atoms with E-state index in [1.54, 1.807) is 0 Å². The Morgan fingerprint density at radius 2 is 1.95 bits per heavy atom. The van der Waals surface area contributed by atoms with Gasteiger partial charge in [0.25, 0.3) is 0 Å². The van der Waals surface area contributed by atoms with E-state index in [0.29, 0.717) is 6.54 Å². The minimum atomic E-state index is -0.813. The number of carbonyl (C=O) groups is 1. The Kier molecular flexibility index (Phi) is 4.58. The smallest absolute Gasteiger partial charge is 0.307 e. The molecular weight excluding hydrogens is 254 g/mol. The lowest BCUT2D eigenvalue weighted by atomic mass is 10.0. The summed E-state index contributed by atoms with van der Waals surface area (Å²) >= 11 is 0. The van der Waals surface area contributed by atoms with Gasteiger partial charge >= 0.3 is 5.97 Å². The van der Waals surface area contributed by atoms with Crippen LogP contribution in [0.15, 0.2) is 40.8 Å². The summed E-state index contributed by atoms with van der Waals surface area (Å²) in [5.74, 6) is 0.963. The minimum absolute atomic E-state index is 0.0477. The number of aryl methyl sites for hydroxylation is 1. The van der Waals surface area contributed by atoms with E-state index in [-0.39, 0.29) is 12.5 Å². The number of carboxylic acid groups (broad SMARTS) is 1. The van der Waals surface area contributed by atoms with Gasteiger partial charge in [0.2, 0.25) is 0 Å². The third-order valence-corrected chi connectivity index (χ3v) is 3.25. The fourth-order valence-electron chi connectivity index (χ4n) is 2.12. The van der Waals surface area contributed by atoms with E-state index in [1.165, 1.54) is 0 Å². The fourth-order valence-corrected chi connectivity index (χ4v) is 2.12. The van der Waals surface area contributed by atoms with Crippen molar-refractivity contribution >= 4 is 5.97 Å². The Morgan fingerprint density at radius 1 is 1.25 bits per heavy atom. The van der Waals surface area contributed by atoms with Crippen molar-refractivity contribution in [2.45, 2.75) is 32.9 Å². The van der Waals surface area contributed by atoms with E-state index in [2.05, 4.69) is 5.32 Å². The molecule has 2 rings (SSSR count). The predicted molar refractivity (Wildman–Crippen MR) is 76.5 cm³/mol. The molecular formula is C16H19NO3. The van der Waals surface area contributed by atoms with Crippen LogP contribution >= 0.6 is 0 Å². The summed E-state index contributed by atoms with van der Waals surface area (Å²) in [4.78, 5) is 10.8. The average Bonchev–Trinajstić information content (AvgIpc) is 2.83. The lowest BCUT2D eigenvalue weighted by molar-refractivity contribution is -0.136. The zero-order valence-electron chi connectivity index (χ0n) is 11.7. The van der Waals surface area contributed by atoms with E-state index in [0.717, 1.165) is 22.6 Å². The molecule has 1 atom stereocenters. The van der Waals surface area contributed by atoms with Gasteiger partial charge in [-0.25, -0.2) is 0 Å². The molecule has 1 aromatic carbocycles. The van der Waals surface area contributed by atoms with E-state index >= 15 is 0 Å². The van der Waals surface area contributed by atoms with Crippen molar-refractivity contribution in [3.05, 3.63) is 59.0 Å². The van der Waals surface area contributed by atoms with E-state index < -0.39 is 5.97 Å². The Labute approximate surface area is 118 Å². The van der Waals surface area contributed by atoms with Crippen LogP contribution in [0.4, 0.5) is 0 Å². The summed E-state index contributed by atoms with van der Waals surface area (Å²) in [5, 5.41) is 12.3. The molecule has 0 fully saturated rings. The van der Waals surface area contributed by atoms with Crippen LogP contribution in [0.1, 0.15) is 35.6 Å². The number of hydrogen-bond acceptors (Lipinski definition) is 3. The lowest BCUT2D eigenvalue weighted by Crippen LogP contribution is -2.19. The standard InChI is InChI=1S/C16H19NO3/c1-11-7-8-15(20-11)12(2)17-10-14-6-4-3-5-13(14)9-16(18)19/h3-8,12,17H,9-10H2,1-2H3,(H,18,19). The van der Waals surface area contributed by atoms with Gasteiger partial charge in [0.05, 0.1) is 12.5 Å². The molecule has 106 valence electrons. The van der Waals surface area contributed by atoms with E-state index in [4.69, 9.17) is 9.52 Å². The zero-order chi connectivity index (χ0) is 14.5. The van der Waals surface area contributed by atoms with Crippen molar-refractivity contribution in [3.8, 4) is 0 Å². The third kappa shape index (κ3) is 3.71.